The average Bonchev–Trinajstić information content (AvgIpc) is 2.55. The molecule has 0 amide bonds. The van der Waals surface area contributed by atoms with Crippen molar-refractivity contribution in [1.29, 1.82) is 0 Å². The van der Waals surface area contributed by atoms with Gasteiger partial charge in [-0.1, -0.05) is 31.8 Å². The van der Waals surface area contributed by atoms with E-state index < -0.39 is 0 Å². The number of alkyl halides is 1. The molecule has 5 heteroatoms. The molecule has 0 fully saturated rings. The number of carbonyl (C=O) groups excluding carboxylic acids is 2. The summed E-state index contributed by atoms with van der Waals surface area (Å²) in [6.45, 7) is 4.47. The van der Waals surface area contributed by atoms with Gasteiger partial charge in [-0.25, -0.2) is 0 Å². The summed E-state index contributed by atoms with van der Waals surface area (Å²) in [5, 5.41) is 0. The van der Waals surface area contributed by atoms with E-state index in [1.165, 1.54) is 12.8 Å². The van der Waals surface area contributed by atoms with Crippen molar-refractivity contribution >= 4 is 23.5 Å². The van der Waals surface area contributed by atoms with E-state index in [1.54, 1.807) is 0 Å². The van der Waals surface area contributed by atoms with Crippen molar-refractivity contribution in [2.45, 2.75) is 70.6 Å². The first-order valence-electron chi connectivity index (χ1n) is 8.68. The molecule has 0 aliphatic rings. The van der Waals surface area contributed by atoms with Gasteiger partial charge < -0.3 is 9.47 Å². The van der Waals surface area contributed by atoms with Crippen LogP contribution in [0.4, 0.5) is 0 Å². The summed E-state index contributed by atoms with van der Waals surface area (Å²) in [5.41, 5.74) is 0. The van der Waals surface area contributed by atoms with Gasteiger partial charge in [-0.3, -0.25) is 9.59 Å². The highest BCUT2D eigenvalue weighted by molar-refractivity contribution is 6.17. The molecule has 0 rings (SSSR count). The van der Waals surface area contributed by atoms with Crippen LogP contribution >= 0.6 is 11.6 Å². The number of unbranched alkanes of at least 4 members (excludes halogenated alkanes) is 7. The lowest BCUT2D eigenvalue weighted by Gasteiger charge is -2.06. The minimum Gasteiger partial charge on any atom is -0.466 e. The third-order valence-electron chi connectivity index (χ3n) is 3.39. The predicted octanol–water partition coefficient (Wildman–Crippen LogP) is 4.79. The van der Waals surface area contributed by atoms with E-state index in [1.807, 2.05) is 6.08 Å². The molecule has 0 aliphatic carbocycles. The molecule has 0 spiro atoms. The minimum absolute atomic E-state index is 0.0960. The number of carbonyl (C=O) groups is 2. The first-order chi connectivity index (χ1) is 11.2. The molecular formula is C18H31ClO4. The van der Waals surface area contributed by atoms with Crippen LogP contribution in [0.1, 0.15) is 70.6 Å². The normalized spacial score (nSPS) is 10.3. The van der Waals surface area contributed by atoms with Crippen molar-refractivity contribution in [3.63, 3.8) is 0 Å². The smallest absolute Gasteiger partial charge is 0.306 e. The van der Waals surface area contributed by atoms with E-state index in [9.17, 15) is 9.59 Å². The number of halogens is 1. The number of rotatable bonds is 16. The molecule has 0 heterocycles. The van der Waals surface area contributed by atoms with Crippen molar-refractivity contribution in [3.05, 3.63) is 12.7 Å². The zero-order chi connectivity index (χ0) is 17.2. The van der Waals surface area contributed by atoms with Crippen molar-refractivity contribution < 1.29 is 19.1 Å². The van der Waals surface area contributed by atoms with Gasteiger partial charge in [0.2, 0.25) is 0 Å². The predicted molar refractivity (Wildman–Crippen MR) is 93.6 cm³/mol. The Morgan fingerprint density at radius 1 is 0.783 bits per heavy atom. The van der Waals surface area contributed by atoms with Crippen LogP contribution in [0.5, 0.6) is 0 Å². The molecule has 0 saturated carbocycles. The summed E-state index contributed by atoms with van der Waals surface area (Å²) >= 11 is 5.61. The second-order valence-electron chi connectivity index (χ2n) is 5.54. The fourth-order valence-corrected chi connectivity index (χ4v) is 2.20. The lowest BCUT2D eigenvalue weighted by molar-refractivity contribution is -0.150. The molecule has 0 aliphatic heterocycles. The first-order valence-corrected chi connectivity index (χ1v) is 9.22. The van der Waals surface area contributed by atoms with Gasteiger partial charge in [0.05, 0.1) is 26.1 Å². The quantitative estimate of drug-likeness (QED) is 0.174. The second-order valence-corrected chi connectivity index (χ2v) is 5.91. The lowest BCUT2D eigenvalue weighted by Crippen LogP contribution is -2.11. The molecule has 0 aromatic heterocycles. The zero-order valence-electron chi connectivity index (χ0n) is 14.2. The Labute approximate surface area is 145 Å². The van der Waals surface area contributed by atoms with Crippen LogP contribution in [0.25, 0.3) is 0 Å². The Morgan fingerprint density at radius 2 is 1.26 bits per heavy atom. The van der Waals surface area contributed by atoms with Crippen LogP contribution in [-0.2, 0) is 19.1 Å². The molecule has 0 N–H and O–H groups in total. The monoisotopic (exact) mass is 346 g/mol. The molecular weight excluding hydrogens is 316 g/mol. The Balaban J connectivity index is 3.35. The molecule has 0 bridgehead atoms. The third-order valence-corrected chi connectivity index (χ3v) is 3.66. The lowest BCUT2D eigenvalue weighted by atomic mass is 10.1. The summed E-state index contributed by atoms with van der Waals surface area (Å²) in [5.74, 6) is 0.0742. The summed E-state index contributed by atoms with van der Waals surface area (Å²) in [4.78, 5) is 22.9. The molecule has 0 radical (unpaired) electrons. The van der Waals surface area contributed by atoms with Crippen LogP contribution in [0.3, 0.4) is 0 Å². The van der Waals surface area contributed by atoms with Crippen LogP contribution in [-0.4, -0.2) is 31.0 Å². The Morgan fingerprint density at radius 3 is 1.78 bits per heavy atom. The maximum absolute atomic E-state index is 11.5. The molecule has 0 unspecified atom stereocenters. The molecule has 134 valence electrons. The summed E-state index contributed by atoms with van der Waals surface area (Å²) in [6, 6.07) is 0. The number of hydrogen-bond acceptors (Lipinski definition) is 4. The third kappa shape index (κ3) is 17.2. The highest BCUT2D eigenvalue weighted by Gasteiger charge is 2.08. The largest absolute Gasteiger partial charge is 0.466 e. The number of esters is 2. The van der Waals surface area contributed by atoms with Crippen molar-refractivity contribution in [1.82, 2.24) is 0 Å². The molecule has 23 heavy (non-hydrogen) atoms. The topological polar surface area (TPSA) is 52.6 Å². The van der Waals surface area contributed by atoms with E-state index in [0.717, 1.165) is 50.8 Å². The van der Waals surface area contributed by atoms with Crippen LogP contribution in [0, 0.1) is 0 Å². The van der Waals surface area contributed by atoms with E-state index in [4.69, 9.17) is 21.1 Å². The SMILES string of the molecule is C=CCCCCOC(=O)CCC(=O)OCCCCCCCCCl. The van der Waals surface area contributed by atoms with E-state index >= 15 is 0 Å². The maximum atomic E-state index is 11.5. The van der Waals surface area contributed by atoms with Gasteiger partial charge in [0.25, 0.3) is 0 Å². The van der Waals surface area contributed by atoms with Gasteiger partial charge in [0, 0.05) is 5.88 Å². The first kappa shape index (κ1) is 22.0. The molecule has 0 aromatic rings. The van der Waals surface area contributed by atoms with Gasteiger partial charge >= 0.3 is 11.9 Å². The van der Waals surface area contributed by atoms with Gasteiger partial charge in [-0.15, -0.1) is 18.2 Å². The van der Waals surface area contributed by atoms with Crippen LogP contribution < -0.4 is 0 Å². The number of allylic oxidation sites excluding steroid dienone is 1. The molecule has 0 aromatic carbocycles. The number of ether oxygens (including phenoxy) is 2. The standard InChI is InChI=1S/C18H31ClO4/c1-2-3-4-10-15-22-17(20)12-13-18(21)23-16-11-8-6-5-7-9-14-19/h2H,1,3-16H2. The molecule has 0 atom stereocenters. The summed E-state index contributed by atoms with van der Waals surface area (Å²) < 4.78 is 10.1. The summed E-state index contributed by atoms with van der Waals surface area (Å²) in [6.07, 6.45) is 11.3. The van der Waals surface area contributed by atoms with E-state index in [0.29, 0.717) is 13.2 Å². The van der Waals surface area contributed by atoms with Crippen molar-refractivity contribution in [2.75, 3.05) is 19.1 Å². The molecule has 0 saturated heterocycles. The minimum atomic E-state index is -0.333. The number of hydrogen-bond donors (Lipinski definition) is 0. The van der Waals surface area contributed by atoms with E-state index in [2.05, 4.69) is 6.58 Å². The van der Waals surface area contributed by atoms with E-state index in [-0.39, 0.29) is 24.8 Å². The fraction of sp³-hybridized carbons (Fsp3) is 0.778. The summed E-state index contributed by atoms with van der Waals surface area (Å²) in [7, 11) is 0. The average molecular weight is 347 g/mol. The van der Waals surface area contributed by atoms with Gasteiger partial charge in [-0.2, -0.15) is 0 Å². The Bertz CT molecular complexity index is 318. The van der Waals surface area contributed by atoms with Gasteiger partial charge in [-0.05, 0) is 32.1 Å². The van der Waals surface area contributed by atoms with Gasteiger partial charge in [0.15, 0.2) is 0 Å². The second kappa shape index (κ2) is 17.3. The highest BCUT2D eigenvalue weighted by atomic mass is 35.5. The highest BCUT2D eigenvalue weighted by Crippen LogP contribution is 2.06. The van der Waals surface area contributed by atoms with Gasteiger partial charge in [0.1, 0.15) is 0 Å². The molecule has 4 nitrogen and oxygen atoms in total. The van der Waals surface area contributed by atoms with Crippen molar-refractivity contribution in [3.8, 4) is 0 Å². The maximum Gasteiger partial charge on any atom is 0.306 e. The zero-order valence-corrected chi connectivity index (χ0v) is 15.0. The van der Waals surface area contributed by atoms with Crippen molar-refractivity contribution in [2.24, 2.45) is 0 Å². The Kier molecular flexibility index (Phi) is 16.5. The van der Waals surface area contributed by atoms with Crippen LogP contribution in [0.15, 0.2) is 12.7 Å². The Hall–Kier alpha value is -1.03. The fourth-order valence-electron chi connectivity index (χ4n) is 2.01. The van der Waals surface area contributed by atoms with Crippen LogP contribution in [0.2, 0.25) is 0 Å².